The minimum Gasteiger partial charge on any atom is -0.330 e. The number of unbranched alkanes of at least 4 members (excludes halogenated alkanes) is 1. The number of carbonyl (C=O) groups is 2. The Bertz CT molecular complexity index is 182. The van der Waals surface area contributed by atoms with Gasteiger partial charge >= 0.3 is 0 Å². The maximum atomic E-state index is 11.0. The van der Waals surface area contributed by atoms with Crippen molar-refractivity contribution in [1.82, 2.24) is 5.32 Å². The molecule has 0 fully saturated rings. The zero-order valence-corrected chi connectivity index (χ0v) is 7.82. The zero-order chi connectivity index (χ0) is 10.3. The van der Waals surface area contributed by atoms with Gasteiger partial charge in [0.1, 0.15) is 0 Å². The second-order valence-electron chi connectivity index (χ2n) is 2.86. The fraction of sp³-hybridized carbons (Fsp3) is 0.750. The van der Waals surface area contributed by atoms with Crippen LogP contribution in [0.15, 0.2) is 0 Å². The molecule has 0 saturated carbocycles. The Kier molecular flexibility index (Phi) is 6.09. The number of carbonyl (C=O) groups excluding carboxylic acids is 2. The van der Waals surface area contributed by atoms with Crippen LogP contribution in [0.25, 0.3) is 0 Å². The van der Waals surface area contributed by atoms with Crippen LogP contribution in [0.4, 0.5) is 0 Å². The van der Waals surface area contributed by atoms with Gasteiger partial charge in [-0.3, -0.25) is 9.59 Å². The first kappa shape index (κ1) is 12.1. The predicted molar refractivity (Wildman–Crippen MR) is 48.7 cm³/mol. The van der Waals surface area contributed by atoms with Crippen molar-refractivity contribution in [3.05, 3.63) is 0 Å². The van der Waals surface area contributed by atoms with E-state index >= 15 is 0 Å². The van der Waals surface area contributed by atoms with Gasteiger partial charge in [0.15, 0.2) is 0 Å². The first-order chi connectivity index (χ1) is 6.07. The van der Waals surface area contributed by atoms with E-state index in [9.17, 15) is 9.59 Å². The van der Waals surface area contributed by atoms with Gasteiger partial charge in [-0.25, -0.2) is 0 Å². The standard InChI is InChI=1S/C8H16N3O2/c1-6(12)11-8(13)7(10)4-2-3-5-9/h7H,2-5,9-10H2,1H3/t7-/m0/s1. The van der Waals surface area contributed by atoms with Crippen molar-refractivity contribution in [3.8, 4) is 0 Å². The molecule has 0 heterocycles. The molecule has 0 rings (SSSR count). The number of hydrogen-bond acceptors (Lipinski definition) is 4. The quantitative estimate of drug-likeness (QED) is 0.544. The van der Waals surface area contributed by atoms with Crippen molar-refractivity contribution in [2.75, 3.05) is 6.54 Å². The molecule has 0 spiro atoms. The molecule has 0 aliphatic carbocycles. The molecule has 13 heavy (non-hydrogen) atoms. The summed E-state index contributed by atoms with van der Waals surface area (Å²) >= 11 is 0. The number of hydrogen-bond donors (Lipinski definition) is 2. The van der Waals surface area contributed by atoms with Gasteiger partial charge in [-0.2, -0.15) is 5.32 Å². The normalized spacial score (nSPS) is 12.2. The van der Waals surface area contributed by atoms with Crippen molar-refractivity contribution in [2.24, 2.45) is 11.5 Å². The van der Waals surface area contributed by atoms with Gasteiger partial charge in [0.2, 0.25) is 5.91 Å². The molecule has 5 nitrogen and oxygen atoms in total. The summed E-state index contributed by atoms with van der Waals surface area (Å²) in [6.45, 7) is 1.81. The van der Waals surface area contributed by atoms with Crippen LogP contribution >= 0.6 is 0 Å². The third-order valence-corrected chi connectivity index (χ3v) is 1.55. The Labute approximate surface area is 77.8 Å². The van der Waals surface area contributed by atoms with Gasteiger partial charge < -0.3 is 11.5 Å². The Hall–Kier alpha value is -0.940. The van der Waals surface area contributed by atoms with Crippen LogP contribution in [0.1, 0.15) is 26.2 Å². The topological polar surface area (TPSA) is 100 Å². The maximum absolute atomic E-state index is 11.0. The summed E-state index contributed by atoms with van der Waals surface area (Å²) in [5, 5.41) is 3.22. The largest absolute Gasteiger partial charge is 0.330 e. The second kappa shape index (κ2) is 6.56. The van der Waals surface area contributed by atoms with Crippen LogP contribution in [-0.2, 0) is 9.59 Å². The lowest BCUT2D eigenvalue weighted by atomic mass is 10.1. The highest BCUT2D eigenvalue weighted by molar-refractivity contribution is 5.96. The van der Waals surface area contributed by atoms with Crippen molar-refractivity contribution in [2.45, 2.75) is 32.2 Å². The molecule has 2 amide bonds. The molecule has 0 bridgehead atoms. The van der Waals surface area contributed by atoms with E-state index < -0.39 is 17.9 Å². The van der Waals surface area contributed by atoms with E-state index in [1.807, 2.05) is 0 Å². The van der Waals surface area contributed by atoms with Gasteiger partial charge in [-0.05, 0) is 19.4 Å². The molecule has 0 aromatic rings. The van der Waals surface area contributed by atoms with Crippen LogP contribution in [0.3, 0.4) is 0 Å². The molecule has 0 aromatic carbocycles. The number of nitrogens with two attached hydrogens (primary N) is 2. The van der Waals surface area contributed by atoms with Gasteiger partial charge in [-0.15, -0.1) is 0 Å². The molecular weight excluding hydrogens is 170 g/mol. The fourth-order valence-corrected chi connectivity index (χ4v) is 0.870. The second-order valence-corrected chi connectivity index (χ2v) is 2.86. The average Bonchev–Trinajstić information content (AvgIpc) is 2.03. The number of rotatable bonds is 5. The Balaban J connectivity index is 3.63. The van der Waals surface area contributed by atoms with Crippen LogP contribution in [-0.4, -0.2) is 24.4 Å². The molecule has 0 aromatic heterocycles. The molecule has 0 unspecified atom stereocenters. The molecule has 5 heteroatoms. The first-order valence-corrected chi connectivity index (χ1v) is 4.29. The summed E-state index contributed by atoms with van der Waals surface area (Å²) < 4.78 is 0. The van der Waals surface area contributed by atoms with Gasteiger partial charge in [0, 0.05) is 6.92 Å². The lowest BCUT2D eigenvalue weighted by Crippen LogP contribution is -2.38. The van der Waals surface area contributed by atoms with Crippen LogP contribution < -0.4 is 16.8 Å². The Morgan fingerprint density at radius 2 is 2.00 bits per heavy atom. The molecule has 4 N–H and O–H groups in total. The molecule has 1 atom stereocenters. The van der Waals surface area contributed by atoms with E-state index in [-0.39, 0.29) is 0 Å². The SMILES string of the molecule is CC(=O)[N]C(=O)[C@@H](N)CCCCN. The van der Waals surface area contributed by atoms with E-state index in [2.05, 4.69) is 5.32 Å². The molecule has 0 aliphatic rings. The van der Waals surface area contributed by atoms with Crippen molar-refractivity contribution < 1.29 is 9.59 Å². The van der Waals surface area contributed by atoms with Crippen molar-refractivity contribution >= 4 is 11.8 Å². The maximum Gasteiger partial charge on any atom is 0.265 e. The third-order valence-electron chi connectivity index (χ3n) is 1.55. The number of imide groups is 1. The van der Waals surface area contributed by atoms with E-state index in [0.717, 1.165) is 12.8 Å². The third kappa shape index (κ3) is 6.24. The number of amides is 2. The average molecular weight is 186 g/mol. The minimum atomic E-state index is -0.657. The summed E-state index contributed by atoms with van der Waals surface area (Å²) in [7, 11) is 0. The fourth-order valence-electron chi connectivity index (χ4n) is 0.870. The molecule has 75 valence electrons. The van der Waals surface area contributed by atoms with Gasteiger partial charge in [-0.1, -0.05) is 6.42 Å². The summed E-state index contributed by atoms with van der Waals surface area (Å²) in [5.74, 6) is -1.04. The molecule has 0 aliphatic heterocycles. The van der Waals surface area contributed by atoms with Crippen molar-refractivity contribution in [1.29, 1.82) is 0 Å². The highest BCUT2D eigenvalue weighted by atomic mass is 16.2. The minimum absolute atomic E-state index is 0.501. The summed E-state index contributed by atoms with van der Waals surface area (Å²) in [5.41, 5.74) is 10.7. The van der Waals surface area contributed by atoms with Crippen LogP contribution in [0, 0.1) is 0 Å². The van der Waals surface area contributed by atoms with E-state index in [1.54, 1.807) is 0 Å². The molecular formula is C8H16N3O2. The summed E-state index contributed by atoms with van der Waals surface area (Å²) in [6, 6.07) is -0.657. The lowest BCUT2D eigenvalue weighted by molar-refractivity contribution is -0.130. The van der Waals surface area contributed by atoms with E-state index in [4.69, 9.17) is 11.5 Å². The summed E-state index contributed by atoms with van der Waals surface area (Å²) in [4.78, 5) is 21.4. The number of nitrogens with zero attached hydrogens (tertiary/aromatic N) is 1. The zero-order valence-electron chi connectivity index (χ0n) is 7.82. The highest BCUT2D eigenvalue weighted by Gasteiger charge is 2.15. The Morgan fingerprint density at radius 1 is 1.38 bits per heavy atom. The monoisotopic (exact) mass is 186 g/mol. The van der Waals surface area contributed by atoms with E-state index in [1.165, 1.54) is 6.92 Å². The van der Waals surface area contributed by atoms with Gasteiger partial charge in [0.05, 0.1) is 6.04 Å². The molecule has 1 radical (unpaired) electrons. The molecule has 0 saturated heterocycles. The van der Waals surface area contributed by atoms with Crippen LogP contribution in [0.5, 0.6) is 0 Å². The lowest BCUT2D eigenvalue weighted by Gasteiger charge is -2.07. The van der Waals surface area contributed by atoms with Gasteiger partial charge in [0.25, 0.3) is 5.91 Å². The van der Waals surface area contributed by atoms with E-state index in [0.29, 0.717) is 13.0 Å². The first-order valence-electron chi connectivity index (χ1n) is 4.29. The highest BCUT2D eigenvalue weighted by Crippen LogP contribution is 1.98. The van der Waals surface area contributed by atoms with Crippen LogP contribution in [0.2, 0.25) is 0 Å². The smallest absolute Gasteiger partial charge is 0.265 e. The summed E-state index contributed by atoms with van der Waals surface area (Å²) in [6.07, 6.45) is 2.16. The predicted octanol–water partition coefficient (Wildman–Crippen LogP) is -0.880. The van der Waals surface area contributed by atoms with Crippen molar-refractivity contribution in [3.63, 3.8) is 0 Å². The Morgan fingerprint density at radius 3 is 2.46 bits per heavy atom.